The van der Waals surface area contributed by atoms with Gasteiger partial charge in [0.2, 0.25) is 5.91 Å². The van der Waals surface area contributed by atoms with Gasteiger partial charge in [-0.1, -0.05) is 48.5 Å². The zero-order valence-electron chi connectivity index (χ0n) is 13.3. The Morgan fingerprint density at radius 1 is 0.960 bits per heavy atom. The van der Waals surface area contributed by atoms with E-state index in [2.05, 4.69) is 10.3 Å². The van der Waals surface area contributed by atoms with Crippen molar-refractivity contribution in [2.45, 2.75) is 6.54 Å². The van der Waals surface area contributed by atoms with Gasteiger partial charge in [0, 0.05) is 11.1 Å². The second-order valence-electron chi connectivity index (χ2n) is 5.75. The summed E-state index contributed by atoms with van der Waals surface area (Å²) in [7, 11) is 0. The number of amides is 1. The molecule has 0 saturated heterocycles. The molecule has 0 radical (unpaired) electrons. The van der Waals surface area contributed by atoms with Crippen LogP contribution in [0.3, 0.4) is 0 Å². The van der Waals surface area contributed by atoms with E-state index in [0.717, 1.165) is 16.5 Å². The Hall–Kier alpha value is -3.47. The van der Waals surface area contributed by atoms with Crippen molar-refractivity contribution in [2.24, 2.45) is 0 Å². The first-order valence-electron chi connectivity index (χ1n) is 7.94. The van der Waals surface area contributed by atoms with Crippen LogP contribution in [0.25, 0.3) is 21.8 Å². The van der Waals surface area contributed by atoms with Gasteiger partial charge in [0.05, 0.1) is 17.2 Å². The SMILES string of the molecule is O=C(Cn1c(=O)cnc2ccccc21)Nc1cccc2ccccc12. The lowest BCUT2D eigenvalue weighted by molar-refractivity contribution is -0.116. The maximum atomic E-state index is 12.5. The summed E-state index contributed by atoms with van der Waals surface area (Å²) in [6, 6.07) is 20.8. The van der Waals surface area contributed by atoms with Crippen molar-refractivity contribution >= 4 is 33.4 Å². The standard InChI is InChI=1S/C20H15N3O2/c24-19(22-16-10-5-7-14-6-1-2-8-15(14)16)13-23-18-11-4-3-9-17(18)21-12-20(23)25/h1-12H,13H2,(H,22,24). The molecule has 0 fully saturated rings. The summed E-state index contributed by atoms with van der Waals surface area (Å²) in [5.74, 6) is -0.255. The largest absolute Gasteiger partial charge is 0.324 e. The van der Waals surface area contributed by atoms with Crippen LogP contribution in [0.15, 0.2) is 77.7 Å². The van der Waals surface area contributed by atoms with E-state index in [1.54, 1.807) is 6.07 Å². The molecular formula is C20H15N3O2. The van der Waals surface area contributed by atoms with Crippen LogP contribution in [0.5, 0.6) is 0 Å². The number of rotatable bonds is 3. The van der Waals surface area contributed by atoms with E-state index < -0.39 is 0 Å². The molecule has 0 spiro atoms. The summed E-state index contributed by atoms with van der Waals surface area (Å²) in [6.07, 6.45) is 1.24. The summed E-state index contributed by atoms with van der Waals surface area (Å²) in [6.45, 7) is -0.0644. The third kappa shape index (κ3) is 2.87. The van der Waals surface area contributed by atoms with Gasteiger partial charge in [0.25, 0.3) is 5.56 Å². The van der Waals surface area contributed by atoms with E-state index in [1.165, 1.54) is 10.8 Å². The van der Waals surface area contributed by atoms with Crippen molar-refractivity contribution in [2.75, 3.05) is 5.32 Å². The van der Waals surface area contributed by atoms with E-state index >= 15 is 0 Å². The summed E-state index contributed by atoms with van der Waals surface area (Å²) < 4.78 is 1.43. The number of anilines is 1. The van der Waals surface area contributed by atoms with Crippen molar-refractivity contribution in [1.29, 1.82) is 0 Å². The molecule has 0 saturated carbocycles. The molecule has 1 amide bonds. The molecule has 1 N–H and O–H groups in total. The lowest BCUT2D eigenvalue weighted by Gasteiger charge is -2.11. The second kappa shape index (κ2) is 6.20. The molecule has 5 heteroatoms. The fraction of sp³-hybridized carbons (Fsp3) is 0.0500. The zero-order valence-corrected chi connectivity index (χ0v) is 13.3. The monoisotopic (exact) mass is 329 g/mol. The second-order valence-corrected chi connectivity index (χ2v) is 5.75. The molecule has 1 aromatic heterocycles. The number of benzene rings is 3. The molecule has 25 heavy (non-hydrogen) atoms. The van der Waals surface area contributed by atoms with Gasteiger partial charge in [-0.3, -0.25) is 14.2 Å². The predicted octanol–water partition coefficient (Wildman–Crippen LogP) is 3.19. The Balaban J connectivity index is 1.67. The van der Waals surface area contributed by atoms with E-state index in [0.29, 0.717) is 11.0 Å². The fourth-order valence-corrected chi connectivity index (χ4v) is 2.95. The van der Waals surface area contributed by atoms with Crippen LogP contribution in [0.2, 0.25) is 0 Å². The number of hydrogen-bond donors (Lipinski definition) is 1. The van der Waals surface area contributed by atoms with Gasteiger partial charge in [0.15, 0.2) is 0 Å². The molecule has 5 nitrogen and oxygen atoms in total. The first kappa shape index (κ1) is 15.1. The number of fused-ring (bicyclic) bond motifs is 2. The summed E-state index contributed by atoms with van der Waals surface area (Å²) in [5, 5.41) is 4.92. The molecular weight excluding hydrogens is 314 g/mol. The van der Waals surface area contributed by atoms with Crippen LogP contribution in [-0.2, 0) is 11.3 Å². The molecule has 0 aliphatic carbocycles. The number of carbonyl (C=O) groups is 1. The Morgan fingerprint density at radius 2 is 1.72 bits per heavy atom. The third-order valence-corrected chi connectivity index (χ3v) is 4.12. The Labute approximate surface area is 143 Å². The van der Waals surface area contributed by atoms with Crippen LogP contribution < -0.4 is 10.9 Å². The molecule has 0 atom stereocenters. The third-order valence-electron chi connectivity index (χ3n) is 4.12. The number of carbonyl (C=O) groups excluding carboxylic acids is 1. The normalized spacial score (nSPS) is 10.9. The number of aromatic nitrogens is 2. The number of nitrogens with one attached hydrogen (secondary N) is 1. The minimum atomic E-state index is -0.299. The van der Waals surface area contributed by atoms with Gasteiger partial charge >= 0.3 is 0 Å². The highest BCUT2D eigenvalue weighted by molar-refractivity contribution is 6.02. The fourth-order valence-electron chi connectivity index (χ4n) is 2.95. The van der Waals surface area contributed by atoms with E-state index in [-0.39, 0.29) is 18.0 Å². The average Bonchev–Trinajstić information content (AvgIpc) is 2.64. The average molecular weight is 329 g/mol. The van der Waals surface area contributed by atoms with Gasteiger partial charge in [-0.15, -0.1) is 0 Å². The Kier molecular flexibility index (Phi) is 3.74. The predicted molar refractivity (Wildman–Crippen MR) is 98.6 cm³/mol. The lowest BCUT2D eigenvalue weighted by Crippen LogP contribution is -2.28. The van der Waals surface area contributed by atoms with Crippen LogP contribution in [0.1, 0.15) is 0 Å². The first-order chi connectivity index (χ1) is 12.2. The number of para-hydroxylation sites is 2. The molecule has 3 aromatic carbocycles. The van der Waals surface area contributed by atoms with E-state index in [9.17, 15) is 9.59 Å². The molecule has 4 rings (SSSR count). The van der Waals surface area contributed by atoms with Crippen LogP contribution in [0.4, 0.5) is 5.69 Å². The van der Waals surface area contributed by atoms with Crippen LogP contribution >= 0.6 is 0 Å². The molecule has 0 bridgehead atoms. The molecule has 1 heterocycles. The smallest absolute Gasteiger partial charge is 0.269 e. The molecule has 0 unspecified atom stereocenters. The van der Waals surface area contributed by atoms with Crippen molar-refractivity contribution in [1.82, 2.24) is 9.55 Å². The number of hydrogen-bond acceptors (Lipinski definition) is 3. The van der Waals surface area contributed by atoms with Gasteiger partial charge in [-0.25, -0.2) is 4.98 Å². The highest BCUT2D eigenvalue weighted by Crippen LogP contribution is 2.23. The molecule has 4 aromatic rings. The van der Waals surface area contributed by atoms with Crippen molar-refractivity contribution in [3.8, 4) is 0 Å². The Bertz CT molecular complexity index is 1140. The highest BCUT2D eigenvalue weighted by atomic mass is 16.2. The highest BCUT2D eigenvalue weighted by Gasteiger charge is 2.10. The van der Waals surface area contributed by atoms with Gasteiger partial charge in [-0.2, -0.15) is 0 Å². The maximum absolute atomic E-state index is 12.5. The first-order valence-corrected chi connectivity index (χ1v) is 7.94. The van der Waals surface area contributed by atoms with Gasteiger partial charge < -0.3 is 5.32 Å². The molecule has 122 valence electrons. The topological polar surface area (TPSA) is 64.0 Å². The summed E-state index contributed by atoms with van der Waals surface area (Å²) >= 11 is 0. The van der Waals surface area contributed by atoms with Gasteiger partial charge in [-0.05, 0) is 23.6 Å². The van der Waals surface area contributed by atoms with Gasteiger partial charge in [0.1, 0.15) is 6.54 Å². The van der Waals surface area contributed by atoms with Crippen LogP contribution in [-0.4, -0.2) is 15.5 Å². The van der Waals surface area contributed by atoms with Crippen molar-refractivity contribution in [3.63, 3.8) is 0 Å². The van der Waals surface area contributed by atoms with Crippen molar-refractivity contribution < 1.29 is 4.79 Å². The summed E-state index contributed by atoms with van der Waals surface area (Å²) in [4.78, 5) is 28.8. The van der Waals surface area contributed by atoms with Crippen molar-refractivity contribution in [3.05, 3.63) is 83.3 Å². The van der Waals surface area contributed by atoms with Crippen LogP contribution in [0, 0.1) is 0 Å². The summed E-state index contributed by atoms with van der Waals surface area (Å²) in [5.41, 5.74) is 1.75. The van der Waals surface area contributed by atoms with E-state index in [1.807, 2.05) is 60.7 Å². The molecule has 0 aliphatic rings. The lowest BCUT2D eigenvalue weighted by atomic mass is 10.1. The molecule has 0 aliphatic heterocycles. The van der Waals surface area contributed by atoms with E-state index in [4.69, 9.17) is 0 Å². The number of nitrogens with zero attached hydrogens (tertiary/aromatic N) is 2. The quantitative estimate of drug-likeness (QED) is 0.628. The minimum Gasteiger partial charge on any atom is -0.324 e. The zero-order chi connectivity index (χ0) is 17.2. The maximum Gasteiger partial charge on any atom is 0.269 e. The minimum absolute atomic E-state index is 0.0644. The Morgan fingerprint density at radius 3 is 2.64 bits per heavy atom.